The number of methoxy groups -OCH3 is 1. The summed E-state index contributed by atoms with van der Waals surface area (Å²) in [7, 11) is 1.39. The predicted octanol–water partition coefficient (Wildman–Crippen LogP) is 3.95. The SMILES string of the molecule is COc1ccc(OC(=O)CSc2ccccc2Cl)c([N+](=O)[O-])c1. The van der Waals surface area contributed by atoms with Crippen molar-refractivity contribution in [1.29, 1.82) is 0 Å². The van der Waals surface area contributed by atoms with E-state index in [1.54, 1.807) is 24.3 Å². The third-order valence-corrected chi connectivity index (χ3v) is 4.26. The van der Waals surface area contributed by atoms with Gasteiger partial charge >= 0.3 is 11.7 Å². The second-order valence-electron chi connectivity index (χ2n) is 4.28. The number of nitro groups is 1. The average Bonchev–Trinajstić information content (AvgIpc) is 2.54. The summed E-state index contributed by atoms with van der Waals surface area (Å²) in [4.78, 5) is 23.0. The van der Waals surface area contributed by atoms with Crippen molar-refractivity contribution in [3.8, 4) is 11.5 Å². The van der Waals surface area contributed by atoms with E-state index in [0.717, 1.165) is 4.90 Å². The first-order valence-corrected chi connectivity index (χ1v) is 7.78. The Bertz CT molecular complexity index is 738. The number of nitrogens with zero attached hydrogens (tertiary/aromatic N) is 1. The molecule has 8 heteroatoms. The molecule has 23 heavy (non-hydrogen) atoms. The normalized spacial score (nSPS) is 10.2. The Morgan fingerprint density at radius 1 is 1.30 bits per heavy atom. The molecule has 0 aliphatic rings. The molecule has 0 aliphatic carbocycles. The van der Waals surface area contributed by atoms with Crippen molar-refractivity contribution >= 4 is 35.0 Å². The van der Waals surface area contributed by atoms with E-state index in [0.29, 0.717) is 10.8 Å². The van der Waals surface area contributed by atoms with Gasteiger partial charge in [0.2, 0.25) is 5.75 Å². The number of nitro benzene ring substituents is 1. The van der Waals surface area contributed by atoms with Crippen molar-refractivity contribution in [1.82, 2.24) is 0 Å². The van der Waals surface area contributed by atoms with Gasteiger partial charge in [0.05, 0.1) is 28.9 Å². The lowest BCUT2D eigenvalue weighted by molar-refractivity contribution is -0.385. The van der Waals surface area contributed by atoms with Gasteiger partial charge in [-0.3, -0.25) is 14.9 Å². The molecule has 120 valence electrons. The number of hydrogen-bond donors (Lipinski definition) is 0. The van der Waals surface area contributed by atoms with Crippen molar-refractivity contribution in [2.24, 2.45) is 0 Å². The zero-order chi connectivity index (χ0) is 16.8. The maximum atomic E-state index is 11.9. The van der Waals surface area contributed by atoms with Gasteiger partial charge in [0.25, 0.3) is 0 Å². The van der Waals surface area contributed by atoms with Gasteiger partial charge in [0.1, 0.15) is 5.75 Å². The lowest BCUT2D eigenvalue weighted by Crippen LogP contribution is -2.11. The molecule has 6 nitrogen and oxygen atoms in total. The lowest BCUT2D eigenvalue weighted by Gasteiger charge is -2.07. The van der Waals surface area contributed by atoms with Crippen molar-refractivity contribution in [3.05, 3.63) is 57.6 Å². The second-order valence-corrected chi connectivity index (χ2v) is 5.71. The second kappa shape index (κ2) is 7.85. The molecular formula is C15H12ClNO5S. The minimum atomic E-state index is -0.633. The molecule has 0 saturated heterocycles. The van der Waals surface area contributed by atoms with Crippen LogP contribution in [0.1, 0.15) is 0 Å². The predicted molar refractivity (Wildman–Crippen MR) is 87.5 cm³/mol. The fourth-order valence-corrected chi connectivity index (χ4v) is 2.72. The lowest BCUT2D eigenvalue weighted by atomic mass is 10.3. The summed E-state index contributed by atoms with van der Waals surface area (Å²) in [5, 5.41) is 11.6. The van der Waals surface area contributed by atoms with Gasteiger partial charge in [0.15, 0.2) is 0 Å². The molecule has 0 radical (unpaired) electrons. The summed E-state index contributed by atoms with van der Waals surface area (Å²) in [6.45, 7) is 0. The summed E-state index contributed by atoms with van der Waals surface area (Å²) < 4.78 is 9.99. The highest BCUT2D eigenvalue weighted by atomic mass is 35.5. The molecule has 0 aromatic heterocycles. The molecule has 2 rings (SSSR count). The maximum absolute atomic E-state index is 11.9. The Kier molecular flexibility index (Phi) is 5.84. The Hall–Kier alpha value is -2.25. The number of thioether (sulfide) groups is 1. The fraction of sp³-hybridized carbons (Fsp3) is 0.133. The van der Waals surface area contributed by atoms with Crippen molar-refractivity contribution in [2.45, 2.75) is 4.90 Å². The fourth-order valence-electron chi connectivity index (χ4n) is 1.70. The Morgan fingerprint density at radius 3 is 2.70 bits per heavy atom. The smallest absolute Gasteiger partial charge is 0.321 e. The van der Waals surface area contributed by atoms with Crippen LogP contribution >= 0.6 is 23.4 Å². The number of rotatable bonds is 6. The summed E-state index contributed by atoms with van der Waals surface area (Å²) in [6.07, 6.45) is 0. The first kappa shape index (κ1) is 17.1. The quantitative estimate of drug-likeness (QED) is 0.257. The Labute approximate surface area is 141 Å². The number of halogens is 1. The summed E-state index contributed by atoms with van der Waals surface area (Å²) in [5.74, 6) is -0.446. The molecule has 0 amide bonds. The Morgan fingerprint density at radius 2 is 2.04 bits per heavy atom. The highest BCUT2D eigenvalue weighted by Gasteiger charge is 2.19. The number of carbonyl (C=O) groups excluding carboxylic acids is 1. The standard InChI is InChI=1S/C15H12ClNO5S/c1-21-10-6-7-13(12(8-10)17(19)20)22-15(18)9-23-14-5-3-2-4-11(14)16/h2-8H,9H2,1H3. The minimum Gasteiger partial charge on any atom is -0.496 e. The molecule has 0 bridgehead atoms. The van der Waals surface area contributed by atoms with E-state index in [9.17, 15) is 14.9 Å². The largest absolute Gasteiger partial charge is 0.496 e. The van der Waals surface area contributed by atoms with E-state index < -0.39 is 10.9 Å². The van der Waals surface area contributed by atoms with Crippen molar-refractivity contribution < 1.29 is 19.2 Å². The molecule has 2 aromatic rings. The number of carbonyl (C=O) groups is 1. The molecular weight excluding hydrogens is 342 g/mol. The van der Waals surface area contributed by atoms with Crippen LogP contribution in [0.3, 0.4) is 0 Å². The summed E-state index contributed by atoms with van der Waals surface area (Å²) in [5.41, 5.74) is -0.333. The summed E-state index contributed by atoms with van der Waals surface area (Å²) in [6, 6.07) is 11.1. The van der Waals surface area contributed by atoms with Gasteiger partial charge in [-0.15, -0.1) is 11.8 Å². The van der Waals surface area contributed by atoms with E-state index in [1.807, 2.05) is 0 Å². The number of ether oxygens (including phenoxy) is 2. The zero-order valence-corrected chi connectivity index (χ0v) is 13.6. The molecule has 0 aliphatic heterocycles. The van der Waals surface area contributed by atoms with E-state index in [2.05, 4.69) is 0 Å². The minimum absolute atomic E-state index is 0.0209. The van der Waals surface area contributed by atoms with Crippen LogP contribution in [0, 0.1) is 10.1 Å². The number of esters is 1. The van der Waals surface area contributed by atoms with Crippen LogP contribution in [0.25, 0.3) is 0 Å². The zero-order valence-electron chi connectivity index (χ0n) is 12.0. The number of benzene rings is 2. The van der Waals surface area contributed by atoms with Crippen LogP contribution in [-0.2, 0) is 4.79 Å². The van der Waals surface area contributed by atoms with E-state index in [-0.39, 0.29) is 17.2 Å². The van der Waals surface area contributed by atoms with Crippen LogP contribution in [0.4, 0.5) is 5.69 Å². The molecule has 0 saturated carbocycles. The van der Waals surface area contributed by atoms with Crippen molar-refractivity contribution in [3.63, 3.8) is 0 Å². The third kappa shape index (κ3) is 4.61. The highest BCUT2D eigenvalue weighted by Crippen LogP contribution is 2.32. The van der Waals surface area contributed by atoms with Gasteiger partial charge in [-0.1, -0.05) is 23.7 Å². The Balaban J connectivity index is 2.05. The van der Waals surface area contributed by atoms with Gasteiger partial charge in [0, 0.05) is 4.90 Å². The van der Waals surface area contributed by atoms with E-state index >= 15 is 0 Å². The third-order valence-electron chi connectivity index (χ3n) is 2.77. The molecule has 0 unspecified atom stereocenters. The first-order chi connectivity index (χ1) is 11.0. The molecule has 0 fully saturated rings. The van der Waals surface area contributed by atoms with Crippen LogP contribution in [-0.4, -0.2) is 23.8 Å². The van der Waals surface area contributed by atoms with E-state index in [1.165, 1.54) is 37.1 Å². The van der Waals surface area contributed by atoms with Gasteiger partial charge in [-0.25, -0.2) is 0 Å². The molecule has 0 spiro atoms. The van der Waals surface area contributed by atoms with Crippen LogP contribution in [0.15, 0.2) is 47.4 Å². The highest BCUT2D eigenvalue weighted by molar-refractivity contribution is 8.00. The van der Waals surface area contributed by atoms with Crippen molar-refractivity contribution in [2.75, 3.05) is 12.9 Å². The molecule has 0 N–H and O–H groups in total. The van der Waals surface area contributed by atoms with Crippen LogP contribution in [0.5, 0.6) is 11.5 Å². The van der Waals surface area contributed by atoms with Crippen LogP contribution < -0.4 is 9.47 Å². The maximum Gasteiger partial charge on any atom is 0.321 e. The van der Waals surface area contributed by atoms with E-state index in [4.69, 9.17) is 21.1 Å². The number of hydrogen-bond acceptors (Lipinski definition) is 6. The van der Waals surface area contributed by atoms with Gasteiger partial charge in [-0.05, 0) is 24.3 Å². The van der Waals surface area contributed by atoms with Gasteiger partial charge in [-0.2, -0.15) is 0 Å². The molecule has 2 aromatic carbocycles. The first-order valence-electron chi connectivity index (χ1n) is 6.41. The van der Waals surface area contributed by atoms with Crippen LogP contribution in [0.2, 0.25) is 5.02 Å². The molecule has 0 heterocycles. The molecule has 0 atom stereocenters. The van der Waals surface area contributed by atoms with Gasteiger partial charge < -0.3 is 9.47 Å². The monoisotopic (exact) mass is 353 g/mol. The average molecular weight is 354 g/mol. The topological polar surface area (TPSA) is 78.7 Å². The summed E-state index contributed by atoms with van der Waals surface area (Å²) >= 11 is 7.19.